The Bertz CT molecular complexity index is 590. The lowest BCUT2D eigenvalue weighted by Crippen LogP contribution is -2.13. The molecule has 1 aromatic heterocycles. The fourth-order valence-corrected chi connectivity index (χ4v) is 2.01. The van der Waals surface area contributed by atoms with Crippen LogP contribution in [0.3, 0.4) is 0 Å². The van der Waals surface area contributed by atoms with Crippen LogP contribution in [0.5, 0.6) is 0 Å². The summed E-state index contributed by atoms with van der Waals surface area (Å²) in [5.74, 6) is 1.59. The van der Waals surface area contributed by atoms with E-state index in [2.05, 4.69) is 4.90 Å². The van der Waals surface area contributed by atoms with Gasteiger partial charge in [0.2, 0.25) is 0 Å². The van der Waals surface area contributed by atoms with E-state index >= 15 is 0 Å². The molecule has 2 aromatic rings. The summed E-state index contributed by atoms with van der Waals surface area (Å²) in [6.07, 6.45) is 1.89. The molecule has 0 fully saturated rings. The van der Waals surface area contributed by atoms with Gasteiger partial charge >= 0.3 is 0 Å². The highest BCUT2D eigenvalue weighted by atomic mass is 16.6. The van der Waals surface area contributed by atoms with Gasteiger partial charge in [-0.15, -0.1) is 0 Å². The lowest BCUT2D eigenvalue weighted by atomic mass is 10.1. The SMILES string of the molecule is CN(C)CCCc1ccc(-c2cccc([N+](=O)[O-])c2)o1. The lowest BCUT2D eigenvalue weighted by Gasteiger charge is -2.07. The van der Waals surface area contributed by atoms with Crippen LogP contribution < -0.4 is 0 Å². The van der Waals surface area contributed by atoms with Crippen molar-refractivity contribution in [3.8, 4) is 11.3 Å². The molecule has 1 aromatic carbocycles. The number of rotatable bonds is 6. The average Bonchev–Trinajstić information content (AvgIpc) is 2.87. The van der Waals surface area contributed by atoms with Crippen LogP contribution in [0.2, 0.25) is 0 Å². The van der Waals surface area contributed by atoms with E-state index in [1.807, 2.05) is 32.3 Å². The Hall–Kier alpha value is -2.14. The van der Waals surface area contributed by atoms with E-state index < -0.39 is 4.92 Å². The fraction of sp³-hybridized carbons (Fsp3) is 0.333. The van der Waals surface area contributed by atoms with Crippen LogP contribution in [0.1, 0.15) is 12.2 Å². The molecule has 0 amide bonds. The van der Waals surface area contributed by atoms with Crippen molar-refractivity contribution in [3.63, 3.8) is 0 Å². The van der Waals surface area contributed by atoms with Crippen molar-refractivity contribution in [1.29, 1.82) is 0 Å². The number of furan rings is 1. The van der Waals surface area contributed by atoms with Gasteiger partial charge in [0.15, 0.2) is 0 Å². The topological polar surface area (TPSA) is 59.5 Å². The molecule has 0 saturated carbocycles. The summed E-state index contributed by atoms with van der Waals surface area (Å²) < 4.78 is 5.75. The minimum atomic E-state index is -0.398. The molecule has 0 spiro atoms. The Morgan fingerprint density at radius 2 is 2.05 bits per heavy atom. The van der Waals surface area contributed by atoms with Gasteiger partial charge < -0.3 is 9.32 Å². The van der Waals surface area contributed by atoms with E-state index in [0.717, 1.165) is 30.7 Å². The molecule has 0 aliphatic rings. The summed E-state index contributed by atoms with van der Waals surface area (Å²) in [5, 5.41) is 10.8. The number of benzene rings is 1. The van der Waals surface area contributed by atoms with Crippen LogP contribution in [0.25, 0.3) is 11.3 Å². The maximum absolute atomic E-state index is 10.8. The number of non-ortho nitro benzene ring substituents is 1. The van der Waals surface area contributed by atoms with Crippen molar-refractivity contribution >= 4 is 5.69 Å². The number of nitrogens with zero attached hydrogens (tertiary/aromatic N) is 2. The highest BCUT2D eigenvalue weighted by molar-refractivity contribution is 5.61. The maximum atomic E-state index is 10.8. The van der Waals surface area contributed by atoms with Crippen LogP contribution in [0.15, 0.2) is 40.8 Å². The molecule has 2 rings (SSSR count). The van der Waals surface area contributed by atoms with Gasteiger partial charge in [-0.2, -0.15) is 0 Å². The Morgan fingerprint density at radius 1 is 1.25 bits per heavy atom. The zero-order valence-electron chi connectivity index (χ0n) is 11.7. The molecule has 0 N–H and O–H groups in total. The summed E-state index contributed by atoms with van der Waals surface area (Å²) in [4.78, 5) is 12.5. The Balaban J connectivity index is 2.08. The van der Waals surface area contributed by atoms with Crippen molar-refractivity contribution in [2.45, 2.75) is 12.8 Å². The molecular formula is C15H18N2O3. The predicted molar refractivity (Wildman–Crippen MR) is 77.7 cm³/mol. The second kappa shape index (κ2) is 6.34. The predicted octanol–water partition coefficient (Wildman–Crippen LogP) is 3.35. The normalized spacial score (nSPS) is 10.9. The van der Waals surface area contributed by atoms with Crippen LogP contribution >= 0.6 is 0 Å². The zero-order chi connectivity index (χ0) is 14.5. The summed E-state index contributed by atoms with van der Waals surface area (Å²) in [6, 6.07) is 10.3. The third-order valence-corrected chi connectivity index (χ3v) is 3.03. The molecular weight excluding hydrogens is 256 g/mol. The first-order valence-corrected chi connectivity index (χ1v) is 6.54. The number of nitro benzene ring substituents is 1. The van der Waals surface area contributed by atoms with E-state index in [0.29, 0.717) is 5.76 Å². The molecule has 5 heteroatoms. The third kappa shape index (κ3) is 3.68. The largest absolute Gasteiger partial charge is 0.461 e. The van der Waals surface area contributed by atoms with Crippen LogP contribution in [-0.2, 0) is 6.42 Å². The number of aryl methyl sites for hydroxylation is 1. The monoisotopic (exact) mass is 274 g/mol. The van der Waals surface area contributed by atoms with E-state index in [1.165, 1.54) is 12.1 Å². The molecule has 0 radical (unpaired) electrons. The first-order chi connectivity index (χ1) is 9.56. The molecule has 0 saturated heterocycles. The summed E-state index contributed by atoms with van der Waals surface area (Å²) in [5.41, 5.74) is 0.811. The van der Waals surface area contributed by atoms with Gasteiger partial charge in [-0.3, -0.25) is 10.1 Å². The lowest BCUT2D eigenvalue weighted by molar-refractivity contribution is -0.384. The van der Waals surface area contributed by atoms with E-state index in [-0.39, 0.29) is 5.69 Å². The molecule has 0 unspecified atom stereocenters. The second-order valence-electron chi connectivity index (χ2n) is 4.98. The van der Waals surface area contributed by atoms with Crippen molar-refractivity contribution in [3.05, 3.63) is 52.3 Å². The van der Waals surface area contributed by atoms with Gasteiger partial charge in [-0.05, 0) is 39.2 Å². The van der Waals surface area contributed by atoms with Gasteiger partial charge in [0.05, 0.1) is 4.92 Å². The molecule has 0 atom stereocenters. The van der Waals surface area contributed by atoms with E-state index in [1.54, 1.807) is 6.07 Å². The minimum Gasteiger partial charge on any atom is -0.461 e. The molecule has 5 nitrogen and oxygen atoms in total. The van der Waals surface area contributed by atoms with Crippen molar-refractivity contribution in [2.24, 2.45) is 0 Å². The second-order valence-corrected chi connectivity index (χ2v) is 4.98. The smallest absolute Gasteiger partial charge is 0.270 e. The number of hydrogen-bond donors (Lipinski definition) is 0. The first kappa shape index (κ1) is 14.3. The zero-order valence-corrected chi connectivity index (χ0v) is 11.7. The van der Waals surface area contributed by atoms with E-state index in [9.17, 15) is 10.1 Å². The summed E-state index contributed by atoms with van der Waals surface area (Å²) >= 11 is 0. The molecule has 0 aliphatic heterocycles. The Kier molecular flexibility index (Phi) is 4.53. The van der Waals surface area contributed by atoms with Crippen molar-refractivity contribution < 1.29 is 9.34 Å². The molecule has 20 heavy (non-hydrogen) atoms. The average molecular weight is 274 g/mol. The number of hydrogen-bond acceptors (Lipinski definition) is 4. The van der Waals surface area contributed by atoms with Crippen molar-refractivity contribution in [1.82, 2.24) is 4.90 Å². The highest BCUT2D eigenvalue weighted by Gasteiger charge is 2.10. The van der Waals surface area contributed by atoms with Crippen LogP contribution in [0, 0.1) is 10.1 Å². The minimum absolute atomic E-state index is 0.0769. The van der Waals surface area contributed by atoms with Gasteiger partial charge in [0.1, 0.15) is 11.5 Å². The number of nitro groups is 1. The standard InChI is InChI=1S/C15H18N2O3/c1-16(2)10-4-7-14-8-9-15(20-14)12-5-3-6-13(11-12)17(18)19/h3,5-6,8-9,11H,4,7,10H2,1-2H3. The van der Waals surface area contributed by atoms with Gasteiger partial charge in [0.25, 0.3) is 5.69 Å². The van der Waals surface area contributed by atoms with Crippen molar-refractivity contribution in [2.75, 3.05) is 20.6 Å². The quantitative estimate of drug-likeness (QED) is 0.598. The molecule has 0 bridgehead atoms. The fourth-order valence-electron chi connectivity index (χ4n) is 2.01. The third-order valence-electron chi connectivity index (χ3n) is 3.03. The van der Waals surface area contributed by atoms with E-state index in [4.69, 9.17) is 4.42 Å². The van der Waals surface area contributed by atoms with Gasteiger partial charge in [-0.1, -0.05) is 12.1 Å². The molecule has 106 valence electrons. The highest BCUT2D eigenvalue weighted by Crippen LogP contribution is 2.26. The Morgan fingerprint density at radius 3 is 2.75 bits per heavy atom. The molecule has 1 heterocycles. The maximum Gasteiger partial charge on any atom is 0.270 e. The first-order valence-electron chi connectivity index (χ1n) is 6.54. The summed E-state index contributed by atoms with van der Waals surface area (Å²) in [6.45, 7) is 1.01. The van der Waals surface area contributed by atoms with Crippen LogP contribution in [-0.4, -0.2) is 30.5 Å². The summed E-state index contributed by atoms with van der Waals surface area (Å²) in [7, 11) is 4.08. The van der Waals surface area contributed by atoms with Gasteiger partial charge in [0, 0.05) is 24.1 Å². The van der Waals surface area contributed by atoms with Gasteiger partial charge in [-0.25, -0.2) is 0 Å². The molecule has 0 aliphatic carbocycles. The van der Waals surface area contributed by atoms with Crippen LogP contribution in [0.4, 0.5) is 5.69 Å². The Labute approximate surface area is 118 Å².